The molecule has 0 unspecified atom stereocenters. The molecule has 68 valence electrons. The number of allylic oxidation sites excluding steroid dienone is 1. The van der Waals surface area contributed by atoms with Crippen molar-refractivity contribution in [1.29, 1.82) is 5.41 Å². The molecule has 0 bridgehead atoms. The molecule has 0 aliphatic carbocycles. The van der Waals surface area contributed by atoms with Gasteiger partial charge in [-0.1, -0.05) is 6.58 Å². The van der Waals surface area contributed by atoms with Crippen molar-refractivity contribution in [2.75, 3.05) is 0 Å². The van der Waals surface area contributed by atoms with E-state index in [0.717, 1.165) is 0 Å². The summed E-state index contributed by atoms with van der Waals surface area (Å²) >= 11 is 0. The van der Waals surface area contributed by atoms with Gasteiger partial charge < -0.3 is 10.1 Å². The van der Waals surface area contributed by atoms with Gasteiger partial charge in [0.2, 0.25) is 0 Å². The van der Waals surface area contributed by atoms with Crippen molar-refractivity contribution in [2.24, 2.45) is 0 Å². The van der Waals surface area contributed by atoms with Crippen molar-refractivity contribution in [3.8, 4) is 0 Å². The molecular formula is C9H15NO2. The number of carbonyl (C=O) groups is 1. The molecule has 0 fully saturated rings. The van der Waals surface area contributed by atoms with Gasteiger partial charge in [0.25, 0.3) is 0 Å². The second kappa shape index (κ2) is 4.04. The average molecular weight is 169 g/mol. The van der Waals surface area contributed by atoms with Crippen LogP contribution >= 0.6 is 0 Å². The molecule has 0 rings (SSSR count). The van der Waals surface area contributed by atoms with Gasteiger partial charge >= 0.3 is 5.97 Å². The van der Waals surface area contributed by atoms with E-state index in [2.05, 4.69) is 6.58 Å². The fourth-order valence-electron chi connectivity index (χ4n) is 0.605. The van der Waals surface area contributed by atoms with Gasteiger partial charge in [-0.15, -0.1) is 0 Å². The predicted octanol–water partition coefficient (Wildman–Crippen LogP) is 1.92. The second-order valence-corrected chi connectivity index (χ2v) is 3.49. The lowest BCUT2D eigenvalue weighted by molar-refractivity contribution is -0.153. The van der Waals surface area contributed by atoms with Crippen LogP contribution in [-0.4, -0.2) is 17.3 Å². The number of esters is 1. The normalized spacial score (nSPS) is 10.6. The maximum Gasteiger partial charge on any atom is 0.312 e. The molecule has 0 saturated heterocycles. The Labute approximate surface area is 72.9 Å². The molecule has 12 heavy (non-hydrogen) atoms. The van der Waals surface area contributed by atoms with Crippen molar-refractivity contribution >= 4 is 11.7 Å². The lowest BCUT2D eigenvalue weighted by atomic mass is 10.2. The van der Waals surface area contributed by atoms with Crippen LogP contribution in [0.4, 0.5) is 0 Å². The fourth-order valence-corrected chi connectivity index (χ4v) is 0.605. The lowest BCUT2D eigenvalue weighted by Crippen LogP contribution is -2.24. The Balaban J connectivity index is 3.91. The first-order chi connectivity index (χ1) is 5.35. The summed E-state index contributed by atoms with van der Waals surface area (Å²) < 4.78 is 4.98. The molecule has 0 aromatic heterocycles. The molecule has 0 aromatic carbocycles. The molecule has 0 atom stereocenters. The highest BCUT2D eigenvalue weighted by molar-refractivity contribution is 6.03. The van der Waals surface area contributed by atoms with Crippen molar-refractivity contribution < 1.29 is 9.53 Å². The summed E-state index contributed by atoms with van der Waals surface area (Å²) in [5, 5.41) is 7.16. The van der Waals surface area contributed by atoms with E-state index in [-0.39, 0.29) is 18.1 Å². The molecule has 1 N–H and O–H groups in total. The van der Waals surface area contributed by atoms with Crippen LogP contribution in [0.5, 0.6) is 0 Å². The van der Waals surface area contributed by atoms with Gasteiger partial charge in [0.05, 0.1) is 6.42 Å². The Morgan fingerprint density at radius 2 is 2.08 bits per heavy atom. The van der Waals surface area contributed by atoms with Crippen LogP contribution in [0, 0.1) is 5.41 Å². The van der Waals surface area contributed by atoms with Crippen LogP contribution in [0.25, 0.3) is 0 Å². The smallest absolute Gasteiger partial charge is 0.312 e. The van der Waals surface area contributed by atoms with Crippen LogP contribution in [0.1, 0.15) is 27.2 Å². The molecule has 0 amide bonds. The van der Waals surface area contributed by atoms with Gasteiger partial charge in [0.15, 0.2) is 0 Å². The highest BCUT2D eigenvalue weighted by Gasteiger charge is 2.16. The maximum atomic E-state index is 11.0. The molecule has 0 saturated carbocycles. The first-order valence-corrected chi connectivity index (χ1v) is 3.77. The predicted molar refractivity (Wildman–Crippen MR) is 48.4 cm³/mol. The zero-order chi connectivity index (χ0) is 9.78. The van der Waals surface area contributed by atoms with Crippen LogP contribution in [0.2, 0.25) is 0 Å². The molecule has 0 aromatic rings. The molecular weight excluding hydrogens is 154 g/mol. The quantitative estimate of drug-likeness (QED) is 0.518. The molecule has 3 nitrogen and oxygen atoms in total. The highest BCUT2D eigenvalue weighted by Crippen LogP contribution is 2.08. The minimum atomic E-state index is -0.474. The SMILES string of the molecule is C=CC(=N)CC(=O)OC(C)(C)C. The van der Waals surface area contributed by atoms with E-state index in [0.29, 0.717) is 0 Å². The Hall–Kier alpha value is -1.12. The standard InChI is InChI=1S/C9H15NO2/c1-5-7(10)6-8(11)12-9(2,3)4/h5,10H,1,6H2,2-4H3. The van der Waals surface area contributed by atoms with E-state index in [1.54, 1.807) is 20.8 Å². The van der Waals surface area contributed by atoms with Crippen LogP contribution in [0.3, 0.4) is 0 Å². The van der Waals surface area contributed by atoms with Crippen molar-refractivity contribution in [2.45, 2.75) is 32.8 Å². The van der Waals surface area contributed by atoms with E-state index < -0.39 is 5.60 Å². The zero-order valence-corrected chi connectivity index (χ0v) is 7.81. The number of nitrogens with one attached hydrogen (secondary N) is 1. The zero-order valence-electron chi connectivity index (χ0n) is 7.81. The number of hydrogen-bond donors (Lipinski definition) is 1. The average Bonchev–Trinajstić information content (AvgIpc) is 1.82. The fraction of sp³-hybridized carbons (Fsp3) is 0.556. The summed E-state index contributed by atoms with van der Waals surface area (Å²) in [5.74, 6) is -0.382. The topological polar surface area (TPSA) is 50.2 Å². The first-order valence-electron chi connectivity index (χ1n) is 3.77. The number of ether oxygens (including phenoxy) is 1. The third-order valence-electron chi connectivity index (χ3n) is 1.00. The van der Waals surface area contributed by atoms with Crippen molar-refractivity contribution in [1.82, 2.24) is 0 Å². The monoisotopic (exact) mass is 169 g/mol. The maximum absolute atomic E-state index is 11.0. The summed E-state index contributed by atoms with van der Waals surface area (Å²) in [6.07, 6.45) is 1.34. The summed E-state index contributed by atoms with van der Waals surface area (Å²) in [6, 6.07) is 0. The molecule has 0 aliphatic rings. The van der Waals surface area contributed by atoms with E-state index in [1.807, 2.05) is 0 Å². The van der Waals surface area contributed by atoms with E-state index >= 15 is 0 Å². The van der Waals surface area contributed by atoms with Crippen LogP contribution in [-0.2, 0) is 9.53 Å². The minimum Gasteiger partial charge on any atom is -0.460 e. The van der Waals surface area contributed by atoms with E-state index in [1.165, 1.54) is 6.08 Å². The molecule has 3 heteroatoms. The van der Waals surface area contributed by atoms with Gasteiger partial charge in [-0.2, -0.15) is 0 Å². The Kier molecular flexibility index (Phi) is 3.67. The Morgan fingerprint density at radius 1 is 1.58 bits per heavy atom. The first kappa shape index (κ1) is 10.9. The molecule has 0 spiro atoms. The van der Waals surface area contributed by atoms with Gasteiger partial charge in [0.1, 0.15) is 5.60 Å². The number of carbonyl (C=O) groups excluding carboxylic acids is 1. The highest BCUT2D eigenvalue weighted by atomic mass is 16.6. The van der Waals surface area contributed by atoms with Gasteiger partial charge in [-0.05, 0) is 26.8 Å². The van der Waals surface area contributed by atoms with Gasteiger partial charge in [-0.25, -0.2) is 0 Å². The lowest BCUT2D eigenvalue weighted by Gasteiger charge is -2.19. The molecule has 0 radical (unpaired) electrons. The number of hydrogen-bond acceptors (Lipinski definition) is 3. The van der Waals surface area contributed by atoms with Crippen molar-refractivity contribution in [3.05, 3.63) is 12.7 Å². The van der Waals surface area contributed by atoms with Gasteiger partial charge in [0, 0.05) is 5.71 Å². The van der Waals surface area contributed by atoms with Crippen LogP contribution in [0.15, 0.2) is 12.7 Å². The summed E-state index contributed by atoms with van der Waals surface area (Å²) in [4.78, 5) is 11.0. The minimum absolute atomic E-state index is 0.000764. The van der Waals surface area contributed by atoms with Crippen molar-refractivity contribution in [3.63, 3.8) is 0 Å². The Morgan fingerprint density at radius 3 is 2.42 bits per heavy atom. The molecule has 0 aliphatic heterocycles. The second-order valence-electron chi connectivity index (χ2n) is 3.49. The van der Waals surface area contributed by atoms with E-state index in [9.17, 15) is 4.79 Å². The summed E-state index contributed by atoms with van der Waals surface area (Å²) in [5.41, 5.74) is -0.289. The third-order valence-corrected chi connectivity index (χ3v) is 1.00. The summed E-state index contributed by atoms with van der Waals surface area (Å²) in [6.45, 7) is 8.76. The third kappa shape index (κ3) is 5.65. The van der Waals surface area contributed by atoms with Crippen LogP contribution < -0.4 is 0 Å². The Bertz CT molecular complexity index is 201. The molecule has 0 heterocycles. The largest absolute Gasteiger partial charge is 0.460 e. The van der Waals surface area contributed by atoms with E-state index in [4.69, 9.17) is 10.1 Å². The number of rotatable bonds is 3. The van der Waals surface area contributed by atoms with Gasteiger partial charge in [-0.3, -0.25) is 4.79 Å². The summed E-state index contributed by atoms with van der Waals surface area (Å²) in [7, 11) is 0.